The van der Waals surface area contributed by atoms with Crippen molar-refractivity contribution in [3.05, 3.63) is 11.8 Å². The number of aryl methyl sites for hydroxylation is 1. The molecule has 2 aliphatic rings. The molecule has 0 amide bonds. The summed E-state index contributed by atoms with van der Waals surface area (Å²) in [6.45, 7) is 5.86. The highest BCUT2D eigenvalue weighted by Gasteiger charge is 2.39. The van der Waals surface area contributed by atoms with Crippen molar-refractivity contribution in [1.29, 1.82) is 0 Å². The lowest BCUT2D eigenvalue weighted by Gasteiger charge is -2.36. The summed E-state index contributed by atoms with van der Waals surface area (Å²) < 4.78 is 5.38. The first-order valence-corrected chi connectivity index (χ1v) is 8.43. The molecule has 2 aliphatic heterocycles. The minimum atomic E-state index is -1.62. The molecule has 0 saturated carbocycles. The minimum Gasteiger partial charge on any atom is -0.479 e. The van der Waals surface area contributed by atoms with Crippen LogP contribution in [0.15, 0.2) is 6.07 Å². The van der Waals surface area contributed by atoms with Gasteiger partial charge in [-0.25, -0.2) is 9.78 Å². The number of carboxylic acid groups (broad SMARTS) is 1. The van der Waals surface area contributed by atoms with Crippen LogP contribution in [0.4, 0.5) is 11.8 Å². The van der Waals surface area contributed by atoms with Crippen molar-refractivity contribution < 1.29 is 19.7 Å². The summed E-state index contributed by atoms with van der Waals surface area (Å²) in [4.78, 5) is 24.6. The number of aliphatic hydroxyl groups is 1. The van der Waals surface area contributed by atoms with E-state index in [9.17, 15) is 9.90 Å². The van der Waals surface area contributed by atoms with Gasteiger partial charge in [-0.2, -0.15) is 4.98 Å². The average molecular weight is 336 g/mol. The van der Waals surface area contributed by atoms with Gasteiger partial charge in [0, 0.05) is 50.8 Å². The number of carboxylic acids is 1. The number of nitrogens with zero attached hydrogens (tertiary/aromatic N) is 4. The van der Waals surface area contributed by atoms with Crippen LogP contribution in [0.5, 0.6) is 0 Å². The Bertz CT molecular complexity index is 596. The van der Waals surface area contributed by atoms with Gasteiger partial charge in [0.05, 0.1) is 13.2 Å². The molecule has 1 aromatic heterocycles. The molecule has 0 aromatic carbocycles. The van der Waals surface area contributed by atoms with E-state index in [0.717, 1.165) is 31.0 Å². The van der Waals surface area contributed by atoms with Gasteiger partial charge in [-0.1, -0.05) is 6.92 Å². The van der Waals surface area contributed by atoms with Crippen molar-refractivity contribution in [3.8, 4) is 0 Å². The zero-order chi connectivity index (χ0) is 17.2. The number of carbonyl (C=O) groups is 1. The topological polar surface area (TPSA) is 99.0 Å². The fourth-order valence-corrected chi connectivity index (χ4v) is 3.04. The molecule has 1 aromatic rings. The van der Waals surface area contributed by atoms with Crippen molar-refractivity contribution in [2.45, 2.75) is 31.8 Å². The molecule has 0 radical (unpaired) electrons. The maximum atomic E-state index is 11.2. The zero-order valence-electron chi connectivity index (χ0n) is 13.9. The van der Waals surface area contributed by atoms with Crippen LogP contribution in [0.1, 0.15) is 25.5 Å². The second kappa shape index (κ2) is 6.90. The smallest absolute Gasteiger partial charge is 0.335 e. The van der Waals surface area contributed by atoms with Gasteiger partial charge in [-0.05, 0) is 6.42 Å². The monoisotopic (exact) mass is 336 g/mol. The van der Waals surface area contributed by atoms with Crippen LogP contribution in [0, 0.1) is 0 Å². The molecule has 3 rings (SSSR count). The van der Waals surface area contributed by atoms with Gasteiger partial charge in [-0.15, -0.1) is 0 Å². The molecule has 3 heterocycles. The number of anilines is 2. The van der Waals surface area contributed by atoms with Crippen LogP contribution in [0.3, 0.4) is 0 Å². The zero-order valence-corrected chi connectivity index (χ0v) is 13.9. The molecular weight excluding hydrogens is 312 g/mol. The Morgan fingerprint density at radius 2 is 1.88 bits per heavy atom. The van der Waals surface area contributed by atoms with Gasteiger partial charge in [0.15, 0.2) is 5.60 Å². The van der Waals surface area contributed by atoms with Crippen molar-refractivity contribution in [2.24, 2.45) is 0 Å². The first kappa shape index (κ1) is 16.9. The molecule has 0 spiro atoms. The number of hydrogen-bond acceptors (Lipinski definition) is 7. The fourth-order valence-electron chi connectivity index (χ4n) is 3.04. The second-order valence-electron chi connectivity index (χ2n) is 6.29. The van der Waals surface area contributed by atoms with Gasteiger partial charge < -0.3 is 24.7 Å². The Kier molecular flexibility index (Phi) is 4.86. The molecule has 2 saturated heterocycles. The Hall–Kier alpha value is -1.93. The summed E-state index contributed by atoms with van der Waals surface area (Å²) in [6, 6.07) is 1.95. The molecule has 0 unspecified atom stereocenters. The third-order valence-corrected chi connectivity index (χ3v) is 4.72. The van der Waals surface area contributed by atoms with E-state index < -0.39 is 11.6 Å². The van der Waals surface area contributed by atoms with Gasteiger partial charge in [0.25, 0.3) is 0 Å². The van der Waals surface area contributed by atoms with Gasteiger partial charge >= 0.3 is 5.97 Å². The van der Waals surface area contributed by atoms with Gasteiger partial charge in [0.1, 0.15) is 5.82 Å². The van der Waals surface area contributed by atoms with Crippen LogP contribution >= 0.6 is 0 Å². The first-order chi connectivity index (χ1) is 11.5. The Balaban J connectivity index is 1.79. The highest BCUT2D eigenvalue weighted by Crippen LogP contribution is 2.27. The van der Waals surface area contributed by atoms with E-state index >= 15 is 0 Å². The van der Waals surface area contributed by atoms with Crippen molar-refractivity contribution in [3.63, 3.8) is 0 Å². The lowest BCUT2D eigenvalue weighted by molar-refractivity contribution is -0.160. The van der Waals surface area contributed by atoms with E-state index in [1.165, 1.54) is 0 Å². The molecule has 0 bridgehead atoms. The predicted octanol–water partition coefficient (Wildman–Crippen LogP) is 0.292. The van der Waals surface area contributed by atoms with Crippen molar-refractivity contribution >= 4 is 17.7 Å². The largest absolute Gasteiger partial charge is 0.479 e. The Morgan fingerprint density at radius 3 is 2.46 bits per heavy atom. The summed E-state index contributed by atoms with van der Waals surface area (Å²) in [5.74, 6) is 0.357. The van der Waals surface area contributed by atoms with Crippen LogP contribution in [0.2, 0.25) is 0 Å². The van der Waals surface area contributed by atoms with Gasteiger partial charge in [0.2, 0.25) is 5.95 Å². The van der Waals surface area contributed by atoms with Crippen LogP contribution in [-0.2, 0) is 16.0 Å². The SMILES string of the molecule is CCc1cc(N2CCC(O)(C(=O)O)CC2)nc(N2CCOCC2)n1. The molecule has 0 aliphatic carbocycles. The summed E-state index contributed by atoms with van der Waals surface area (Å²) in [5, 5.41) is 19.2. The third kappa shape index (κ3) is 3.44. The minimum absolute atomic E-state index is 0.195. The molecule has 2 fully saturated rings. The third-order valence-electron chi connectivity index (χ3n) is 4.72. The Labute approximate surface area is 141 Å². The summed E-state index contributed by atoms with van der Waals surface area (Å²) >= 11 is 0. The Morgan fingerprint density at radius 1 is 1.21 bits per heavy atom. The molecular formula is C16H24N4O4. The molecule has 8 nitrogen and oxygen atoms in total. The number of aromatic nitrogens is 2. The molecule has 2 N–H and O–H groups in total. The van der Waals surface area contributed by atoms with Crippen molar-refractivity contribution in [2.75, 3.05) is 49.2 Å². The first-order valence-electron chi connectivity index (χ1n) is 8.43. The van der Waals surface area contributed by atoms with Crippen LogP contribution in [-0.4, -0.2) is 71.1 Å². The second-order valence-corrected chi connectivity index (χ2v) is 6.29. The number of hydrogen-bond donors (Lipinski definition) is 2. The number of ether oxygens (including phenoxy) is 1. The average Bonchev–Trinajstić information content (AvgIpc) is 2.62. The highest BCUT2D eigenvalue weighted by molar-refractivity contribution is 5.77. The van der Waals surface area contributed by atoms with Gasteiger partial charge in [-0.3, -0.25) is 0 Å². The van der Waals surface area contributed by atoms with Crippen LogP contribution < -0.4 is 9.80 Å². The number of piperidine rings is 1. The van der Waals surface area contributed by atoms with E-state index in [-0.39, 0.29) is 12.8 Å². The standard InChI is InChI=1S/C16H24N4O4/c1-2-12-11-13(18-15(17-12)20-7-9-24-10-8-20)19-5-3-16(23,4-6-19)14(21)22/h11,23H,2-10H2,1H3,(H,21,22). The maximum absolute atomic E-state index is 11.2. The van der Waals surface area contributed by atoms with E-state index in [0.29, 0.717) is 32.3 Å². The van der Waals surface area contributed by atoms with E-state index in [4.69, 9.17) is 9.84 Å². The van der Waals surface area contributed by atoms with E-state index in [2.05, 4.69) is 21.8 Å². The number of rotatable bonds is 4. The maximum Gasteiger partial charge on any atom is 0.335 e. The van der Waals surface area contributed by atoms with E-state index in [1.54, 1.807) is 0 Å². The summed E-state index contributed by atoms with van der Waals surface area (Å²) in [7, 11) is 0. The molecule has 132 valence electrons. The normalized spacial score (nSPS) is 20.9. The summed E-state index contributed by atoms with van der Waals surface area (Å²) in [5.41, 5.74) is -0.662. The molecule has 24 heavy (non-hydrogen) atoms. The molecule has 0 atom stereocenters. The van der Waals surface area contributed by atoms with Crippen molar-refractivity contribution in [1.82, 2.24) is 9.97 Å². The highest BCUT2D eigenvalue weighted by atomic mass is 16.5. The fraction of sp³-hybridized carbons (Fsp3) is 0.688. The predicted molar refractivity (Wildman–Crippen MR) is 88.5 cm³/mol. The summed E-state index contributed by atoms with van der Waals surface area (Å²) in [6.07, 6.45) is 1.20. The molecule has 8 heteroatoms. The number of morpholine rings is 1. The van der Waals surface area contributed by atoms with E-state index in [1.807, 2.05) is 11.0 Å². The lowest BCUT2D eigenvalue weighted by Crippen LogP contribution is -2.49. The quantitative estimate of drug-likeness (QED) is 0.809. The van der Waals surface area contributed by atoms with Crippen LogP contribution in [0.25, 0.3) is 0 Å². The number of aliphatic carboxylic acids is 1. The lowest BCUT2D eigenvalue weighted by atomic mass is 9.91.